The number of aryl methyl sites for hydroxylation is 1. The molecule has 0 spiro atoms. The van der Waals surface area contributed by atoms with Crippen LogP contribution >= 0.6 is 15.9 Å². The first-order valence-electron chi connectivity index (χ1n) is 13.0. The summed E-state index contributed by atoms with van der Waals surface area (Å²) in [6.45, 7) is 7.18. The number of benzene rings is 2. The summed E-state index contributed by atoms with van der Waals surface area (Å²) >= 11 is 3.68. The SMILES string of the molecule is CC(=O)O.CC(=O)O.CCc1ccc(Cc2cc(C3CC(OC(C)=O)CC(COC(C)=O)O3)c(OC)cc2Br)cc1. The molecule has 0 radical (unpaired) electrons. The second-order valence-corrected chi connectivity index (χ2v) is 10.2. The summed E-state index contributed by atoms with van der Waals surface area (Å²) < 4.78 is 23.6. The molecule has 2 N–H and O–H groups in total. The van der Waals surface area contributed by atoms with E-state index in [4.69, 9.17) is 38.7 Å². The average molecular weight is 640 g/mol. The highest BCUT2D eigenvalue weighted by molar-refractivity contribution is 9.10. The fraction of sp³-hybridized carbons (Fsp3) is 0.467. The van der Waals surface area contributed by atoms with Gasteiger partial charge in [0.15, 0.2) is 0 Å². The van der Waals surface area contributed by atoms with Gasteiger partial charge in [-0.2, -0.15) is 0 Å². The van der Waals surface area contributed by atoms with Crippen molar-refractivity contribution >= 4 is 39.8 Å². The van der Waals surface area contributed by atoms with Gasteiger partial charge in [0, 0.05) is 50.6 Å². The number of ether oxygens (including phenoxy) is 4. The number of hydrogen-bond acceptors (Lipinski definition) is 8. The average Bonchev–Trinajstić information content (AvgIpc) is 2.87. The van der Waals surface area contributed by atoms with Crippen molar-refractivity contribution in [1.82, 2.24) is 0 Å². The van der Waals surface area contributed by atoms with Crippen LogP contribution in [-0.4, -0.2) is 60.0 Å². The molecule has 10 nitrogen and oxygen atoms in total. The lowest BCUT2D eigenvalue weighted by Gasteiger charge is -2.35. The molecule has 226 valence electrons. The van der Waals surface area contributed by atoms with E-state index in [1.165, 1.54) is 25.0 Å². The molecule has 1 heterocycles. The van der Waals surface area contributed by atoms with Gasteiger partial charge < -0.3 is 29.2 Å². The number of halogens is 1. The molecule has 2 aromatic carbocycles. The van der Waals surface area contributed by atoms with Crippen molar-refractivity contribution in [2.24, 2.45) is 0 Å². The molecular formula is C30H39BrO10. The van der Waals surface area contributed by atoms with Crippen molar-refractivity contribution in [2.45, 2.75) is 78.6 Å². The Morgan fingerprint density at radius 1 is 0.927 bits per heavy atom. The van der Waals surface area contributed by atoms with E-state index in [-0.39, 0.29) is 36.9 Å². The molecule has 41 heavy (non-hydrogen) atoms. The molecule has 0 aromatic heterocycles. The lowest BCUT2D eigenvalue weighted by atomic mass is 9.93. The number of carbonyl (C=O) groups excluding carboxylic acids is 2. The number of hydrogen-bond donors (Lipinski definition) is 2. The third-order valence-electron chi connectivity index (χ3n) is 5.74. The van der Waals surface area contributed by atoms with Gasteiger partial charge in [-0.25, -0.2) is 0 Å². The Bertz CT molecular complexity index is 1140. The minimum atomic E-state index is -0.833. The van der Waals surface area contributed by atoms with Crippen LogP contribution in [0, 0.1) is 0 Å². The number of aliphatic carboxylic acids is 2. The zero-order valence-electron chi connectivity index (χ0n) is 24.3. The number of carboxylic acids is 2. The molecular weight excluding hydrogens is 600 g/mol. The maximum absolute atomic E-state index is 11.6. The summed E-state index contributed by atoms with van der Waals surface area (Å²) in [6, 6.07) is 12.6. The maximum atomic E-state index is 11.6. The second-order valence-electron chi connectivity index (χ2n) is 9.32. The molecule has 0 amide bonds. The zero-order chi connectivity index (χ0) is 31.1. The lowest BCUT2D eigenvalue weighted by molar-refractivity contribution is -0.169. The summed E-state index contributed by atoms with van der Waals surface area (Å²) in [7, 11) is 1.62. The summed E-state index contributed by atoms with van der Waals surface area (Å²) in [4.78, 5) is 40.9. The smallest absolute Gasteiger partial charge is 0.302 e. The molecule has 1 aliphatic rings. The van der Waals surface area contributed by atoms with Gasteiger partial charge in [-0.15, -0.1) is 0 Å². The maximum Gasteiger partial charge on any atom is 0.302 e. The van der Waals surface area contributed by atoms with E-state index in [0.29, 0.717) is 18.6 Å². The van der Waals surface area contributed by atoms with Crippen LogP contribution < -0.4 is 4.74 Å². The predicted molar refractivity (Wildman–Crippen MR) is 155 cm³/mol. The lowest BCUT2D eigenvalue weighted by Crippen LogP contribution is -2.37. The van der Waals surface area contributed by atoms with E-state index in [0.717, 1.165) is 42.3 Å². The first-order chi connectivity index (χ1) is 19.2. The molecule has 3 rings (SSSR count). The van der Waals surface area contributed by atoms with Crippen LogP contribution in [0.3, 0.4) is 0 Å². The largest absolute Gasteiger partial charge is 0.496 e. The third-order valence-corrected chi connectivity index (χ3v) is 6.47. The molecule has 3 unspecified atom stereocenters. The monoisotopic (exact) mass is 638 g/mol. The summed E-state index contributed by atoms with van der Waals surface area (Å²) in [5.41, 5.74) is 4.49. The summed E-state index contributed by atoms with van der Waals surface area (Å²) in [5, 5.41) is 14.8. The Balaban J connectivity index is 0.000000930. The van der Waals surface area contributed by atoms with Crippen LogP contribution in [0.1, 0.15) is 75.8 Å². The molecule has 3 atom stereocenters. The van der Waals surface area contributed by atoms with Crippen molar-refractivity contribution in [3.63, 3.8) is 0 Å². The van der Waals surface area contributed by atoms with Gasteiger partial charge in [0.05, 0.1) is 19.3 Å². The highest BCUT2D eigenvalue weighted by Crippen LogP contribution is 2.40. The molecule has 1 fully saturated rings. The zero-order valence-corrected chi connectivity index (χ0v) is 25.9. The summed E-state index contributed by atoms with van der Waals surface area (Å²) in [6.07, 6.45) is 1.65. The van der Waals surface area contributed by atoms with Gasteiger partial charge in [0.2, 0.25) is 0 Å². The van der Waals surface area contributed by atoms with Crippen LogP contribution in [0.25, 0.3) is 0 Å². The van der Waals surface area contributed by atoms with Crippen LogP contribution in [0.2, 0.25) is 0 Å². The van der Waals surface area contributed by atoms with Crippen LogP contribution in [-0.2, 0) is 46.2 Å². The Morgan fingerprint density at radius 2 is 1.49 bits per heavy atom. The van der Waals surface area contributed by atoms with E-state index in [1.807, 2.05) is 6.07 Å². The van der Waals surface area contributed by atoms with Crippen LogP contribution in [0.5, 0.6) is 5.75 Å². The minimum Gasteiger partial charge on any atom is -0.496 e. The van der Waals surface area contributed by atoms with Crippen molar-refractivity contribution in [3.05, 3.63) is 63.1 Å². The van der Waals surface area contributed by atoms with Crippen LogP contribution in [0.15, 0.2) is 40.9 Å². The number of rotatable bonds is 8. The Labute approximate surface area is 249 Å². The van der Waals surface area contributed by atoms with Crippen molar-refractivity contribution in [2.75, 3.05) is 13.7 Å². The van der Waals surface area contributed by atoms with E-state index < -0.39 is 11.9 Å². The normalized spacial score (nSPS) is 17.5. The summed E-state index contributed by atoms with van der Waals surface area (Å²) in [5.74, 6) is -1.69. The van der Waals surface area contributed by atoms with E-state index in [1.54, 1.807) is 7.11 Å². The van der Waals surface area contributed by atoms with Gasteiger partial charge in [-0.1, -0.05) is 47.1 Å². The number of esters is 2. The molecule has 1 saturated heterocycles. The van der Waals surface area contributed by atoms with E-state index in [9.17, 15) is 9.59 Å². The van der Waals surface area contributed by atoms with Gasteiger partial charge >= 0.3 is 11.9 Å². The molecule has 0 aliphatic carbocycles. The standard InChI is InChI=1S/C26H31BrO6.2C2H4O2/c1-5-18-6-8-19(9-7-18)10-20-11-23(25(30-4)14-24(20)27)26-13-21(32-17(3)29)12-22(33-26)15-31-16(2)28;2*1-2(3)4/h6-9,11,14,21-22,26H,5,10,12-13,15H2,1-4H3;2*1H3,(H,3,4). The second kappa shape index (κ2) is 18.1. The molecule has 0 bridgehead atoms. The van der Waals surface area contributed by atoms with Crippen LogP contribution in [0.4, 0.5) is 0 Å². The van der Waals surface area contributed by atoms with Crippen molar-refractivity contribution in [3.8, 4) is 5.75 Å². The first-order valence-corrected chi connectivity index (χ1v) is 13.8. The Hall–Kier alpha value is -3.44. The topological polar surface area (TPSA) is 146 Å². The van der Waals surface area contributed by atoms with Gasteiger partial charge in [0.1, 0.15) is 18.5 Å². The quantitative estimate of drug-likeness (QED) is 0.355. The minimum absolute atomic E-state index is 0.110. The van der Waals surface area contributed by atoms with Gasteiger partial charge in [-0.3, -0.25) is 19.2 Å². The number of carboxylic acid groups (broad SMARTS) is 2. The molecule has 2 aromatic rings. The number of methoxy groups -OCH3 is 1. The third kappa shape index (κ3) is 14.1. The van der Waals surface area contributed by atoms with Gasteiger partial charge in [0.25, 0.3) is 11.9 Å². The molecule has 0 saturated carbocycles. The van der Waals surface area contributed by atoms with E-state index in [2.05, 4.69) is 53.2 Å². The van der Waals surface area contributed by atoms with E-state index >= 15 is 0 Å². The fourth-order valence-electron chi connectivity index (χ4n) is 4.12. The fourth-order valence-corrected chi connectivity index (χ4v) is 4.58. The van der Waals surface area contributed by atoms with Crippen molar-refractivity contribution < 1.29 is 48.3 Å². The first kappa shape index (κ1) is 35.6. The van der Waals surface area contributed by atoms with Gasteiger partial charge in [-0.05, 0) is 41.7 Å². The van der Waals surface area contributed by atoms with Crippen molar-refractivity contribution in [1.29, 1.82) is 0 Å². The molecule has 1 aliphatic heterocycles. The highest BCUT2D eigenvalue weighted by atomic mass is 79.9. The Kier molecular flexibility index (Phi) is 15.7. The highest BCUT2D eigenvalue weighted by Gasteiger charge is 2.34. The number of carbonyl (C=O) groups is 4. The predicted octanol–water partition coefficient (Wildman–Crippen LogP) is 5.51. The molecule has 11 heteroatoms. The Morgan fingerprint density at radius 3 is 1.98 bits per heavy atom.